The Morgan fingerprint density at radius 1 is 1.42 bits per heavy atom. The molecular formula is C16H23ClO2. The maximum atomic E-state index is 10.1. The third kappa shape index (κ3) is 4.79. The molecule has 1 N–H and O–H groups in total. The van der Waals surface area contributed by atoms with E-state index in [1.54, 1.807) is 0 Å². The fourth-order valence-electron chi connectivity index (χ4n) is 2.59. The van der Waals surface area contributed by atoms with Gasteiger partial charge in [-0.2, -0.15) is 0 Å². The monoisotopic (exact) mass is 282 g/mol. The summed E-state index contributed by atoms with van der Waals surface area (Å²) in [6.07, 6.45) is 5.95. The molecule has 19 heavy (non-hydrogen) atoms. The van der Waals surface area contributed by atoms with Crippen LogP contribution in [0.1, 0.15) is 43.2 Å². The van der Waals surface area contributed by atoms with Crippen LogP contribution >= 0.6 is 11.6 Å². The van der Waals surface area contributed by atoms with Crippen molar-refractivity contribution in [1.82, 2.24) is 0 Å². The minimum atomic E-state index is -0.328. The molecule has 2 unspecified atom stereocenters. The molecule has 0 aromatic heterocycles. The Bertz CT molecular complexity index is 400. The van der Waals surface area contributed by atoms with Gasteiger partial charge in [-0.3, -0.25) is 0 Å². The van der Waals surface area contributed by atoms with E-state index in [0.29, 0.717) is 12.5 Å². The third-order valence-electron chi connectivity index (χ3n) is 3.76. The van der Waals surface area contributed by atoms with Crippen LogP contribution in [0.2, 0.25) is 5.02 Å². The molecule has 2 atom stereocenters. The Labute approximate surface area is 120 Å². The second-order valence-electron chi connectivity index (χ2n) is 5.52. The van der Waals surface area contributed by atoms with Crippen molar-refractivity contribution in [1.29, 1.82) is 0 Å². The van der Waals surface area contributed by atoms with E-state index in [9.17, 15) is 5.11 Å². The molecule has 2 nitrogen and oxygen atoms in total. The summed E-state index contributed by atoms with van der Waals surface area (Å²) in [4.78, 5) is 0. The van der Waals surface area contributed by atoms with Gasteiger partial charge in [0.1, 0.15) is 0 Å². The molecule has 0 amide bonds. The molecule has 0 aliphatic carbocycles. The van der Waals surface area contributed by atoms with E-state index in [4.69, 9.17) is 16.3 Å². The van der Waals surface area contributed by atoms with E-state index in [1.165, 1.54) is 12.8 Å². The zero-order valence-corrected chi connectivity index (χ0v) is 12.3. The van der Waals surface area contributed by atoms with E-state index < -0.39 is 0 Å². The van der Waals surface area contributed by atoms with Crippen LogP contribution in [0, 0.1) is 6.92 Å². The lowest BCUT2D eigenvalue weighted by atomic mass is 9.99. The van der Waals surface area contributed by atoms with Crippen molar-refractivity contribution in [2.75, 3.05) is 6.61 Å². The van der Waals surface area contributed by atoms with E-state index in [1.807, 2.05) is 25.1 Å². The predicted molar refractivity (Wildman–Crippen MR) is 78.7 cm³/mol. The molecule has 3 heteroatoms. The molecule has 1 heterocycles. The van der Waals surface area contributed by atoms with Crippen molar-refractivity contribution in [2.45, 2.75) is 57.7 Å². The normalized spacial score (nSPS) is 21.3. The van der Waals surface area contributed by atoms with Gasteiger partial charge in [0.25, 0.3) is 0 Å². The van der Waals surface area contributed by atoms with Crippen LogP contribution < -0.4 is 0 Å². The lowest BCUT2D eigenvalue weighted by Crippen LogP contribution is -2.21. The van der Waals surface area contributed by atoms with Crippen molar-refractivity contribution in [2.24, 2.45) is 0 Å². The van der Waals surface area contributed by atoms with Gasteiger partial charge in [-0.1, -0.05) is 23.7 Å². The van der Waals surface area contributed by atoms with Gasteiger partial charge in [-0.15, -0.1) is 0 Å². The predicted octanol–water partition coefficient (Wildman–Crippen LogP) is 3.90. The average molecular weight is 283 g/mol. The molecule has 1 aromatic rings. The molecule has 0 bridgehead atoms. The van der Waals surface area contributed by atoms with Gasteiger partial charge in [0.15, 0.2) is 0 Å². The van der Waals surface area contributed by atoms with Gasteiger partial charge < -0.3 is 9.84 Å². The highest BCUT2D eigenvalue weighted by Crippen LogP contribution is 2.22. The minimum Gasteiger partial charge on any atom is -0.393 e. The molecule has 1 aromatic carbocycles. The highest BCUT2D eigenvalue weighted by Gasteiger charge is 2.16. The quantitative estimate of drug-likeness (QED) is 0.887. The maximum Gasteiger partial charge on any atom is 0.0582 e. The van der Waals surface area contributed by atoms with E-state index in [-0.39, 0.29) is 6.10 Å². The van der Waals surface area contributed by atoms with Crippen molar-refractivity contribution in [3.05, 3.63) is 34.3 Å². The number of ether oxygens (including phenoxy) is 1. The number of rotatable bonds is 5. The second kappa shape index (κ2) is 7.28. The van der Waals surface area contributed by atoms with Crippen LogP contribution in [0.4, 0.5) is 0 Å². The van der Waals surface area contributed by atoms with Crippen molar-refractivity contribution >= 4 is 11.6 Å². The Morgan fingerprint density at radius 2 is 2.26 bits per heavy atom. The molecule has 2 rings (SSSR count). The summed E-state index contributed by atoms with van der Waals surface area (Å²) in [5, 5.41) is 10.9. The number of hydrogen-bond donors (Lipinski definition) is 1. The lowest BCUT2D eigenvalue weighted by Gasteiger charge is -2.23. The lowest BCUT2D eigenvalue weighted by molar-refractivity contribution is 0.00234. The van der Waals surface area contributed by atoms with E-state index in [2.05, 4.69) is 0 Å². The Balaban J connectivity index is 1.78. The molecule has 1 fully saturated rings. The first-order valence-corrected chi connectivity index (χ1v) is 7.57. The second-order valence-corrected chi connectivity index (χ2v) is 5.93. The SMILES string of the molecule is Cc1ccc(CC(O)CCC2CCCCO2)c(Cl)c1. The molecular weight excluding hydrogens is 260 g/mol. The van der Waals surface area contributed by atoms with Crippen LogP contribution in [-0.4, -0.2) is 23.9 Å². The molecule has 0 saturated carbocycles. The summed E-state index contributed by atoms with van der Waals surface area (Å²) >= 11 is 6.19. The highest BCUT2D eigenvalue weighted by atomic mass is 35.5. The molecule has 0 radical (unpaired) electrons. The van der Waals surface area contributed by atoms with Crippen LogP contribution in [0.15, 0.2) is 18.2 Å². The zero-order valence-electron chi connectivity index (χ0n) is 11.6. The average Bonchev–Trinajstić information content (AvgIpc) is 2.41. The van der Waals surface area contributed by atoms with Gasteiger partial charge in [0, 0.05) is 11.6 Å². The topological polar surface area (TPSA) is 29.5 Å². The van der Waals surface area contributed by atoms with Gasteiger partial charge in [-0.05, 0) is 62.6 Å². The highest BCUT2D eigenvalue weighted by molar-refractivity contribution is 6.31. The standard InChI is InChI=1S/C16H23ClO2/c1-12-5-6-13(16(17)10-12)11-14(18)7-8-15-4-2-3-9-19-15/h5-6,10,14-15,18H,2-4,7-9,11H2,1H3. The summed E-state index contributed by atoms with van der Waals surface area (Å²) in [7, 11) is 0. The van der Waals surface area contributed by atoms with Crippen molar-refractivity contribution in [3.8, 4) is 0 Å². The van der Waals surface area contributed by atoms with E-state index in [0.717, 1.165) is 42.0 Å². The molecule has 1 saturated heterocycles. The number of aliphatic hydroxyl groups is 1. The summed E-state index contributed by atoms with van der Waals surface area (Å²) in [5.74, 6) is 0. The summed E-state index contributed by atoms with van der Waals surface area (Å²) in [5.41, 5.74) is 2.18. The summed E-state index contributed by atoms with van der Waals surface area (Å²) < 4.78 is 5.68. The largest absolute Gasteiger partial charge is 0.393 e. The number of aliphatic hydroxyl groups excluding tert-OH is 1. The van der Waals surface area contributed by atoms with Gasteiger partial charge in [0.2, 0.25) is 0 Å². The van der Waals surface area contributed by atoms with Crippen LogP contribution in [0.3, 0.4) is 0 Å². The number of aryl methyl sites for hydroxylation is 1. The van der Waals surface area contributed by atoms with E-state index >= 15 is 0 Å². The molecule has 106 valence electrons. The fourth-order valence-corrected chi connectivity index (χ4v) is 2.90. The molecule has 1 aliphatic heterocycles. The number of benzene rings is 1. The smallest absolute Gasteiger partial charge is 0.0582 e. The zero-order chi connectivity index (χ0) is 13.7. The van der Waals surface area contributed by atoms with Gasteiger partial charge in [-0.25, -0.2) is 0 Å². The summed E-state index contributed by atoms with van der Waals surface area (Å²) in [6.45, 7) is 2.90. The van der Waals surface area contributed by atoms with Crippen LogP contribution in [0.25, 0.3) is 0 Å². The van der Waals surface area contributed by atoms with Crippen LogP contribution in [-0.2, 0) is 11.2 Å². The summed E-state index contributed by atoms with van der Waals surface area (Å²) in [6, 6.07) is 6.00. The Morgan fingerprint density at radius 3 is 2.95 bits per heavy atom. The molecule has 1 aliphatic rings. The minimum absolute atomic E-state index is 0.328. The first-order valence-electron chi connectivity index (χ1n) is 7.20. The number of halogens is 1. The van der Waals surface area contributed by atoms with Gasteiger partial charge in [0.05, 0.1) is 12.2 Å². The Hall–Kier alpha value is -0.570. The Kier molecular flexibility index (Phi) is 5.68. The number of hydrogen-bond acceptors (Lipinski definition) is 2. The van der Waals surface area contributed by atoms with Gasteiger partial charge >= 0.3 is 0 Å². The van der Waals surface area contributed by atoms with Crippen molar-refractivity contribution < 1.29 is 9.84 Å². The third-order valence-corrected chi connectivity index (χ3v) is 4.11. The first kappa shape index (κ1) is 14.8. The first-order chi connectivity index (χ1) is 9.15. The fraction of sp³-hybridized carbons (Fsp3) is 0.625. The molecule has 0 spiro atoms. The van der Waals surface area contributed by atoms with Crippen molar-refractivity contribution in [3.63, 3.8) is 0 Å². The van der Waals surface area contributed by atoms with Crippen LogP contribution in [0.5, 0.6) is 0 Å². The maximum absolute atomic E-state index is 10.1.